The number of amides is 1. The van der Waals surface area contributed by atoms with Crippen LogP contribution in [0, 0.1) is 6.92 Å². The van der Waals surface area contributed by atoms with Gasteiger partial charge in [0.05, 0.1) is 12.0 Å². The van der Waals surface area contributed by atoms with Crippen molar-refractivity contribution >= 4 is 29.7 Å². The highest BCUT2D eigenvalue weighted by Gasteiger charge is 2.14. The maximum atomic E-state index is 12.3. The van der Waals surface area contributed by atoms with Crippen molar-refractivity contribution in [2.75, 3.05) is 20.2 Å². The summed E-state index contributed by atoms with van der Waals surface area (Å²) in [6.07, 6.45) is 0. The lowest BCUT2D eigenvalue weighted by molar-refractivity contribution is 0.0954. The lowest BCUT2D eigenvalue weighted by atomic mass is 10.1. The van der Waals surface area contributed by atoms with E-state index in [1.54, 1.807) is 7.11 Å². The first kappa shape index (κ1) is 20.5. The first-order chi connectivity index (χ1) is 11.0. The van der Waals surface area contributed by atoms with Gasteiger partial charge in [0.15, 0.2) is 0 Å². The van der Waals surface area contributed by atoms with Crippen molar-refractivity contribution < 1.29 is 9.53 Å². The largest absolute Gasteiger partial charge is 0.497 e. The Labute approximate surface area is 154 Å². The summed E-state index contributed by atoms with van der Waals surface area (Å²) < 4.78 is 5.19. The number of thiophene rings is 1. The number of nitrogens with one attached hydrogen (secondary N) is 2. The second-order valence-corrected chi connectivity index (χ2v) is 6.73. The van der Waals surface area contributed by atoms with E-state index in [0.29, 0.717) is 6.54 Å². The fourth-order valence-corrected chi connectivity index (χ4v) is 3.36. The zero-order valence-corrected chi connectivity index (χ0v) is 16.1. The molecular weight excluding hydrogens is 344 g/mol. The Hall–Kier alpha value is -1.56. The molecule has 0 spiro atoms. The van der Waals surface area contributed by atoms with Crippen molar-refractivity contribution in [1.82, 2.24) is 10.6 Å². The van der Waals surface area contributed by atoms with Crippen LogP contribution in [0.25, 0.3) is 11.1 Å². The summed E-state index contributed by atoms with van der Waals surface area (Å²) >= 11 is 1.53. The molecule has 1 atom stereocenters. The molecule has 0 saturated carbocycles. The van der Waals surface area contributed by atoms with Crippen LogP contribution < -0.4 is 15.4 Å². The van der Waals surface area contributed by atoms with Gasteiger partial charge >= 0.3 is 0 Å². The minimum absolute atomic E-state index is 0. The fourth-order valence-electron chi connectivity index (χ4n) is 2.40. The highest BCUT2D eigenvalue weighted by Crippen LogP contribution is 2.31. The number of ether oxygens (including phenoxy) is 1. The summed E-state index contributed by atoms with van der Waals surface area (Å²) in [5, 5.41) is 6.27. The lowest BCUT2D eigenvalue weighted by Crippen LogP contribution is -2.38. The van der Waals surface area contributed by atoms with Crippen LogP contribution in [0.4, 0.5) is 0 Å². The first-order valence-electron chi connectivity index (χ1n) is 7.81. The van der Waals surface area contributed by atoms with Gasteiger partial charge in [-0.05, 0) is 49.7 Å². The summed E-state index contributed by atoms with van der Waals surface area (Å²) in [4.78, 5) is 14.2. The van der Waals surface area contributed by atoms with Crippen molar-refractivity contribution in [3.05, 3.63) is 40.1 Å². The Kier molecular flexibility index (Phi) is 8.25. The van der Waals surface area contributed by atoms with Gasteiger partial charge < -0.3 is 15.4 Å². The molecule has 0 aliphatic rings. The Morgan fingerprint density at radius 3 is 2.54 bits per heavy atom. The molecule has 1 aromatic heterocycles. The topological polar surface area (TPSA) is 50.4 Å². The Bertz CT molecular complexity index is 656. The quantitative estimate of drug-likeness (QED) is 0.779. The molecule has 0 bridgehead atoms. The fraction of sp³-hybridized carbons (Fsp3) is 0.389. The smallest absolute Gasteiger partial charge is 0.261 e. The van der Waals surface area contributed by atoms with Crippen LogP contribution in [0.3, 0.4) is 0 Å². The van der Waals surface area contributed by atoms with Gasteiger partial charge in [0.2, 0.25) is 0 Å². The Morgan fingerprint density at radius 2 is 1.96 bits per heavy atom. The van der Waals surface area contributed by atoms with Gasteiger partial charge in [-0.25, -0.2) is 0 Å². The third-order valence-electron chi connectivity index (χ3n) is 3.66. The van der Waals surface area contributed by atoms with Crippen molar-refractivity contribution in [3.8, 4) is 16.9 Å². The summed E-state index contributed by atoms with van der Waals surface area (Å²) in [5.74, 6) is 0.819. The molecule has 0 unspecified atom stereocenters. The van der Waals surface area contributed by atoms with Crippen LogP contribution in [-0.2, 0) is 0 Å². The molecule has 0 aliphatic carbocycles. The number of rotatable bonds is 7. The van der Waals surface area contributed by atoms with Gasteiger partial charge in [-0.15, -0.1) is 23.7 Å². The zero-order chi connectivity index (χ0) is 16.8. The molecule has 6 heteroatoms. The van der Waals surface area contributed by atoms with Crippen molar-refractivity contribution in [2.24, 2.45) is 0 Å². The van der Waals surface area contributed by atoms with Crippen molar-refractivity contribution in [3.63, 3.8) is 0 Å². The number of carbonyl (C=O) groups is 1. The molecule has 2 aromatic rings. The molecule has 0 aliphatic heterocycles. The standard InChI is InChI=1S/C18H24N2O2S.ClH/c1-5-19-12(2)11-20-18(21)17-10-16(13(3)23-17)14-6-8-15(22-4)9-7-14;/h6-10,12,19H,5,11H2,1-4H3,(H,20,21);1H/t12-;/m1./s1. The van der Waals surface area contributed by atoms with Crippen LogP contribution in [-0.4, -0.2) is 32.1 Å². The molecule has 24 heavy (non-hydrogen) atoms. The van der Waals surface area contributed by atoms with E-state index < -0.39 is 0 Å². The third kappa shape index (κ3) is 5.23. The van der Waals surface area contributed by atoms with Gasteiger partial charge in [0.1, 0.15) is 5.75 Å². The maximum Gasteiger partial charge on any atom is 0.261 e. The molecule has 2 rings (SSSR count). The predicted molar refractivity (Wildman–Crippen MR) is 104 cm³/mol. The number of aryl methyl sites for hydroxylation is 1. The number of carbonyl (C=O) groups excluding carboxylic acids is 1. The number of benzene rings is 1. The molecule has 2 N–H and O–H groups in total. The summed E-state index contributed by atoms with van der Waals surface area (Å²) in [6, 6.07) is 10.1. The van der Waals surface area contributed by atoms with Crippen LogP contribution in [0.1, 0.15) is 28.4 Å². The predicted octanol–water partition coefficient (Wildman–Crippen LogP) is 3.88. The number of methoxy groups -OCH3 is 1. The molecule has 1 amide bonds. The van der Waals surface area contributed by atoms with E-state index in [1.807, 2.05) is 37.3 Å². The summed E-state index contributed by atoms with van der Waals surface area (Å²) in [5.41, 5.74) is 2.20. The molecule has 132 valence electrons. The van der Waals surface area contributed by atoms with E-state index in [0.717, 1.165) is 33.2 Å². The monoisotopic (exact) mass is 368 g/mol. The number of hydrogen-bond donors (Lipinski definition) is 2. The van der Waals surface area contributed by atoms with Gasteiger partial charge in [0.25, 0.3) is 5.91 Å². The third-order valence-corrected chi connectivity index (χ3v) is 4.71. The van der Waals surface area contributed by atoms with E-state index in [4.69, 9.17) is 4.74 Å². The van der Waals surface area contributed by atoms with E-state index in [-0.39, 0.29) is 24.4 Å². The van der Waals surface area contributed by atoms with Gasteiger partial charge in [0, 0.05) is 17.5 Å². The Balaban J connectivity index is 0.00000288. The lowest BCUT2D eigenvalue weighted by Gasteiger charge is -2.12. The number of likely N-dealkylation sites (N-methyl/N-ethyl adjacent to an activating group) is 1. The van der Waals surface area contributed by atoms with Gasteiger partial charge in [-0.1, -0.05) is 19.1 Å². The minimum Gasteiger partial charge on any atom is -0.497 e. The maximum absolute atomic E-state index is 12.3. The van der Waals surface area contributed by atoms with E-state index >= 15 is 0 Å². The normalized spacial score (nSPS) is 11.5. The molecule has 0 radical (unpaired) electrons. The van der Waals surface area contributed by atoms with Gasteiger partial charge in [-0.2, -0.15) is 0 Å². The van der Waals surface area contributed by atoms with Crippen LogP contribution >= 0.6 is 23.7 Å². The van der Waals surface area contributed by atoms with E-state index in [1.165, 1.54) is 11.3 Å². The SMILES string of the molecule is CCN[C@H](C)CNC(=O)c1cc(-c2ccc(OC)cc2)c(C)s1.Cl. The van der Waals surface area contributed by atoms with Crippen LogP contribution in [0.15, 0.2) is 30.3 Å². The summed E-state index contributed by atoms with van der Waals surface area (Å²) in [6.45, 7) is 7.69. The van der Waals surface area contributed by atoms with Crippen LogP contribution in [0.5, 0.6) is 5.75 Å². The average Bonchev–Trinajstić information content (AvgIpc) is 2.95. The molecule has 1 aromatic carbocycles. The van der Waals surface area contributed by atoms with Crippen molar-refractivity contribution in [2.45, 2.75) is 26.8 Å². The van der Waals surface area contributed by atoms with E-state index in [9.17, 15) is 4.79 Å². The van der Waals surface area contributed by atoms with E-state index in [2.05, 4.69) is 24.5 Å². The zero-order valence-electron chi connectivity index (χ0n) is 14.5. The average molecular weight is 369 g/mol. The number of hydrogen-bond acceptors (Lipinski definition) is 4. The molecular formula is C18H25ClN2O2S. The first-order valence-corrected chi connectivity index (χ1v) is 8.63. The molecule has 4 nitrogen and oxygen atoms in total. The minimum atomic E-state index is -0.0115. The number of halogens is 1. The summed E-state index contributed by atoms with van der Waals surface area (Å²) in [7, 11) is 1.65. The highest BCUT2D eigenvalue weighted by molar-refractivity contribution is 7.14. The second kappa shape index (κ2) is 9.67. The molecule has 0 saturated heterocycles. The highest BCUT2D eigenvalue weighted by atomic mass is 35.5. The second-order valence-electron chi connectivity index (χ2n) is 5.48. The van der Waals surface area contributed by atoms with Crippen molar-refractivity contribution in [1.29, 1.82) is 0 Å². The van der Waals surface area contributed by atoms with Crippen LogP contribution in [0.2, 0.25) is 0 Å². The van der Waals surface area contributed by atoms with Gasteiger partial charge in [-0.3, -0.25) is 4.79 Å². The Morgan fingerprint density at radius 1 is 1.29 bits per heavy atom. The molecule has 1 heterocycles. The molecule has 0 fully saturated rings.